The first-order chi connectivity index (χ1) is 8.31. The van der Waals surface area contributed by atoms with Crippen LogP contribution in [0, 0.1) is 11.3 Å². The van der Waals surface area contributed by atoms with Crippen molar-refractivity contribution in [3.05, 3.63) is 23.8 Å². The van der Waals surface area contributed by atoms with Crippen molar-refractivity contribution in [1.29, 1.82) is 5.26 Å². The summed E-state index contributed by atoms with van der Waals surface area (Å²) in [5.74, 6) is 0.0843. The maximum Gasteiger partial charge on any atom is 0.514 e. The zero-order valence-corrected chi connectivity index (χ0v) is 10.6. The monoisotopic (exact) mass is 249 g/mol. The molecule has 1 N–H and O–H groups in total. The summed E-state index contributed by atoms with van der Waals surface area (Å²) in [6.45, 7) is 5.17. The van der Waals surface area contributed by atoms with Crippen molar-refractivity contribution >= 4 is 6.16 Å². The Bertz CT molecular complexity index is 483. The van der Waals surface area contributed by atoms with Crippen LogP contribution in [0.25, 0.3) is 0 Å². The Hall–Kier alpha value is -2.22. The van der Waals surface area contributed by atoms with Gasteiger partial charge in [0.2, 0.25) is 0 Å². The smallest absolute Gasteiger partial charge is 0.507 e. The zero-order chi connectivity index (χ0) is 13.8. The highest BCUT2D eigenvalue weighted by molar-refractivity contribution is 5.64. The lowest BCUT2D eigenvalue weighted by molar-refractivity contribution is 0.0206. The number of benzene rings is 1. The number of nitriles is 1. The van der Waals surface area contributed by atoms with Gasteiger partial charge < -0.3 is 14.6 Å². The molecule has 5 heteroatoms. The van der Waals surface area contributed by atoms with E-state index in [1.807, 2.05) is 6.07 Å². The van der Waals surface area contributed by atoms with Crippen LogP contribution >= 0.6 is 0 Å². The van der Waals surface area contributed by atoms with Crippen molar-refractivity contribution in [1.82, 2.24) is 0 Å². The van der Waals surface area contributed by atoms with E-state index in [4.69, 9.17) is 14.7 Å². The number of phenols is 1. The van der Waals surface area contributed by atoms with Crippen LogP contribution in [0.3, 0.4) is 0 Å². The Morgan fingerprint density at radius 3 is 2.61 bits per heavy atom. The fraction of sp³-hybridized carbons (Fsp3) is 0.385. The van der Waals surface area contributed by atoms with Gasteiger partial charge in [0.05, 0.1) is 12.5 Å². The molecular formula is C13H15NO4. The number of rotatable bonds is 2. The lowest BCUT2D eigenvalue weighted by Crippen LogP contribution is -2.25. The molecule has 1 aromatic rings. The zero-order valence-electron chi connectivity index (χ0n) is 10.6. The van der Waals surface area contributed by atoms with Crippen LogP contribution in [0.2, 0.25) is 0 Å². The first kappa shape index (κ1) is 13.8. The quantitative estimate of drug-likeness (QED) is 0.644. The maximum atomic E-state index is 11.4. The first-order valence-corrected chi connectivity index (χ1v) is 5.41. The van der Waals surface area contributed by atoms with E-state index in [9.17, 15) is 9.90 Å². The number of ether oxygens (including phenoxy) is 2. The highest BCUT2D eigenvalue weighted by Crippen LogP contribution is 2.24. The Morgan fingerprint density at radius 2 is 2.11 bits per heavy atom. The Morgan fingerprint density at radius 1 is 1.44 bits per heavy atom. The predicted molar refractivity (Wildman–Crippen MR) is 64.3 cm³/mol. The molecule has 0 amide bonds. The third-order valence-corrected chi connectivity index (χ3v) is 1.92. The number of hydrogen-bond donors (Lipinski definition) is 1. The minimum absolute atomic E-state index is 0.0855. The molecule has 0 aliphatic heterocycles. The van der Waals surface area contributed by atoms with Crippen LogP contribution in [0.15, 0.2) is 18.2 Å². The van der Waals surface area contributed by atoms with E-state index in [1.165, 1.54) is 18.2 Å². The molecule has 0 aliphatic carbocycles. The van der Waals surface area contributed by atoms with Crippen LogP contribution in [0.4, 0.5) is 4.79 Å². The van der Waals surface area contributed by atoms with Crippen LogP contribution in [-0.4, -0.2) is 16.9 Å². The molecule has 0 heterocycles. The van der Waals surface area contributed by atoms with Gasteiger partial charge in [-0.25, -0.2) is 4.79 Å². The molecule has 1 rings (SSSR count). The van der Waals surface area contributed by atoms with Gasteiger partial charge in [-0.3, -0.25) is 0 Å². The number of nitrogens with zero attached hydrogens (tertiary/aromatic N) is 1. The summed E-state index contributed by atoms with van der Waals surface area (Å²) in [6.07, 6.45) is -0.742. The van der Waals surface area contributed by atoms with Gasteiger partial charge in [-0.2, -0.15) is 5.26 Å². The lowest BCUT2D eigenvalue weighted by atomic mass is 10.1. The topological polar surface area (TPSA) is 79.5 Å². The molecular weight excluding hydrogens is 234 g/mol. The molecule has 5 nitrogen and oxygen atoms in total. The molecule has 0 atom stereocenters. The van der Waals surface area contributed by atoms with Crippen LogP contribution in [0.1, 0.15) is 26.3 Å². The number of phenolic OH excluding ortho intramolecular Hbond substituents is 1. The van der Waals surface area contributed by atoms with Gasteiger partial charge in [0.25, 0.3) is 0 Å². The minimum Gasteiger partial charge on any atom is -0.507 e. The van der Waals surface area contributed by atoms with Crippen LogP contribution in [0.5, 0.6) is 11.5 Å². The summed E-state index contributed by atoms with van der Waals surface area (Å²) >= 11 is 0. The summed E-state index contributed by atoms with van der Waals surface area (Å²) in [7, 11) is 0. The fourth-order valence-electron chi connectivity index (χ4n) is 1.21. The highest BCUT2D eigenvalue weighted by atomic mass is 16.7. The summed E-state index contributed by atoms with van der Waals surface area (Å²) in [4.78, 5) is 11.4. The Balaban J connectivity index is 2.72. The maximum absolute atomic E-state index is 11.4. The first-order valence-electron chi connectivity index (χ1n) is 5.41. The second kappa shape index (κ2) is 5.41. The van der Waals surface area contributed by atoms with E-state index >= 15 is 0 Å². The van der Waals surface area contributed by atoms with E-state index in [0.29, 0.717) is 5.56 Å². The summed E-state index contributed by atoms with van der Waals surface area (Å²) in [5.41, 5.74) is -0.158. The molecule has 96 valence electrons. The van der Waals surface area contributed by atoms with Gasteiger partial charge in [-0.05, 0) is 26.8 Å². The van der Waals surface area contributed by atoms with Gasteiger partial charge in [0.1, 0.15) is 17.1 Å². The van der Waals surface area contributed by atoms with Gasteiger partial charge >= 0.3 is 6.16 Å². The molecule has 0 unspecified atom stereocenters. The van der Waals surface area contributed by atoms with Crippen molar-refractivity contribution < 1.29 is 19.4 Å². The van der Waals surface area contributed by atoms with Crippen LogP contribution in [-0.2, 0) is 11.2 Å². The molecule has 0 radical (unpaired) electrons. The van der Waals surface area contributed by atoms with Crippen molar-refractivity contribution in [2.24, 2.45) is 0 Å². The number of hydrogen-bond acceptors (Lipinski definition) is 5. The predicted octanol–water partition coefficient (Wildman–Crippen LogP) is 2.77. The number of carbonyl (C=O) groups excluding carboxylic acids is 1. The number of carbonyl (C=O) groups is 1. The molecule has 0 aliphatic rings. The largest absolute Gasteiger partial charge is 0.514 e. The summed E-state index contributed by atoms with van der Waals surface area (Å²) in [6, 6.07) is 6.22. The molecule has 0 bridgehead atoms. The second-order valence-corrected chi connectivity index (χ2v) is 4.69. The van der Waals surface area contributed by atoms with Crippen molar-refractivity contribution in [2.75, 3.05) is 0 Å². The average Bonchev–Trinajstić information content (AvgIpc) is 2.19. The third-order valence-electron chi connectivity index (χ3n) is 1.92. The van der Waals surface area contributed by atoms with Crippen molar-refractivity contribution in [3.8, 4) is 17.6 Å². The molecule has 0 spiro atoms. The van der Waals surface area contributed by atoms with E-state index in [0.717, 1.165) is 0 Å². The highest BCUT2D eigenvalue weighted by Gasteiger charge is 2.18. The standard InChI is InChI=1S/C13H15NO4/c1-13(2,3)18-12(16)17-10-5-4-9(6-7-14)11(15)8-10/h4-5,8,15H,6H2,1-3H3. The summed E-state index contributed by atoms with van der Waals surface area (Å²) in [5, 5.41) is 18.1. The molecule has 1 aromatic carbocycles. The Kier molecular flexibility index (Phi) is 4.16. The fourth-order valence-corrected chi connectivity index (χ4v) is 1.21. The van der Waals surface area contributed by atoms with Gasteiger partial charge in [0, 0.05) is 11.6 Å². The second-order valence-electron chi connectivity index (χ2n) is 4.69. The van der Waals surface area contributed by atoms with Crippen molar-refractivity contribution in [3.63, 3.8) is 0 Å². The molecule has 18 heavy (non-hydrogen) atoms. The normalized spacial score (nSPS) is 10.6. The van der Waals surface area contributed by atoms with Gasteiger partial charge in [0.15, 0.2) is 0 Å². The van der Waals surface area contributed by atoms with E-state index in [2.05, 4.69) is 0 Å². The molecule has 0 fully saturated rings. The average molecular weight is 249 g/mol. The number of aromatic hydroxyl groups is 1. The van der Waals surface area contributed by atoms with Gasteiger partial charge in [-0.15, -0.1) is 0 Å². The third kappa shape index (κ3) is 4.34. The lowest BCUT2D eigenvalue weighted by Gasteiger charge is -2.18. The van der Waals surface area contributed by atoms with E-state index < -0.39 is 11.8 Å². The summed E-state index contributed by atoms with van der Waals surface area (Å²) < 4.78 is 9.86. The molecule has 0 saturated heterocycles. The Labute approximate surface area is 106 Å². The molecule has 0 aromatic heterocycles. The van der Waals surface area contributed by atoms with Gasteiger partial charge in [-0.1, -0.05) is 6.07 Å². The van der Waals surface area contributed by atoms with Crippen LogP contribution < -0.4 is 4.74 Å². The molecule has 0 saturated carbocycles. The SMILES string of the molecule is CC(C)(C)OC(=O)Oc1ccc(CC#N)c(O)c1. The minimum atomic E-state index is -0.838. The van der Waals surface area contributed by atoms with E-state index in [-0.39, 0.29) is 17.9 Å². The van der Waals surface area contributed by atoms with Crippen molar-refractivity contribution in [2.45, 2.75) is 32.8 Å². The van der Waals surface area contributed by atoms with E-state index in [1.54, 1.807) is 20.8 Å².